The number of urea groups is 1. The third kappa shape index (κ3) is 5.07. The van der Waals surface area contributed by atoms with Crippen LogP contribution in [0.3, 0.4) is 0 Å². The molecule has 2 aromatic rings. The molecular weight excluding hydrogens is 382 g/mol. The molecule has 0 spiro atoms. The van der Waals surface area contributed by atoms with Gasteiger partial charge in [0.05, 0.1) is 19.3 Å². The summed E-state index contributed by atoms with van der Waals surface area (Å²) in [5.74, 6) is 1.00. The van der Waals surface area contributed by atoms with Crippen LogP contribution in [0, 0.1) is 0 Å². The zero-order chi connectivity index (χ0) is 20.1. The van der Waals surface area contributed by atoms with E-state index in [0.717, 1.165) is 6.42 Å². The van der Waals surface area contributed by atoms with Gasteiger partial charge in [-0.25, -0.2) is 4.79 Å². The minimum absolute atomic E-state index is 0.100. The van der Waals surface area contributed by atoms with Gasteiger partial charge in [-0.2, -0.15) is 0 Å². The number of ether oxygens (including phenoxy) is 2. The number of hydrogen-bond acceptors (Lipinski definition) is 4. The maximum atomic E-state index is 12.7. The molecule has 1 heterocycles. The lowest BCUT2D eigenvalue weighted by Gasteiger charge is -2.19. The van der Waals surface area contributed by atoms with Crippen LogP contribution in [-0.2, 0) is 4.79 Å². The highest BCUT2D eigenvalue weighted by atomic mass is 35.5. The zero-order valence-electron chi connectivity index (χ0n) is 15.7. The number of benzene rings is 2. The smallest absolute Gasteiger partial charge is 0.322 e. The number of amides is 3. The van der Waals surface area contributed by atoms with E-state index in [2.05, 4.69) is 10.6 Å². The Morgan fingerprint density at radius 2 is 2.00 bits per heavy atom. The fourth-order valence-electron chi connectivity index (χ4n) is 3.02. The van der Waals surface area contributed by atoms with E-state index < -0.39 is 0 Å². The first-order valence-corrected chi connectivity index (χ1v) is 9.26. The summed E-state index contributed by atoms with van der Waals surface area (Å²) in [5, 5.41) is 6.14. The second kappa shape index (κ2) is 8.84. The number of hydrogen-bond donors (Lipinski definition) is 2. The Morgan fingerprint density at radius 1 is 1.18 bits per heavy atom. The van der Waals surface area contributed by atoms with Crippen LogP contribution in [0.4, 0.5) is 16.2 Å². The molecule has 3 rings (SSSR count). The topological polar surface area (TPSA) is 79.9 Å². The molecule has 1 fully saturated rings. The molecule has 1 atom stereocenters. The van der Waals surface area contributed by atoms with Gasteiger partial charge in [0.1, 0.15) is 17.6 Å². The minimum Gasteiger partial charge on any atom is -0.495 e. The van der Waals surface area contributed by atoms with Gasteiger partial charge >= 0.3 is 6.03 Å². The van der Waals surface area contributed by atoms with Gasteiger partial charge in [0.15, 0.2) is 0 Å². The molecule has 8 heteroatoms. The van der Waals surface area contributed by atoms with Crippen molar-refractivity contribution >= 4 is 34.9 Å². The summed E-state index contributed by atoms with van der Waals surface area (Å²) in [6.45, 7) is 2.46. The van der Waals surface area contributed by atoms with E-state index in [4.69, 9.17) is 21.1 Å². The van der Waals surface area contributed by atoms with Crippen molar-refractivity contribution in [1.29, 1.82) is 0 Å². The molecule has 3 amide bonds. The molecule has 28 heavy (non-hydrogen) atoms. The van der Waals surface area contributed by atoms with Crippen LogP contribution < -0.4 is 20.1 Å². The van der Waals surface area contributed by atoms with Crippen molar-refractivity contribution in [2.45, 2.75) is 19.4 Å². The van der Waals surface area contributed by atoms with Gasteiger partial charge in [0.2, 0.25) is 5.91 Å². The van der Waals surface area contributed by atoms with Gasteiger partial charge in [-0.3, -0.25) is 4.79 Å². The molecule has 0 aromatic heterocycles. The standard InChI is InChI=1S/C20H22ClN3O4/c1-13(25)22-15-6-7-19(27-2)18(11-15)23-20(26)24-9-8-17(12-24)28-16-5-3-4-14(21)10-16/h3-7,10-11,17H,8-9,12H2,1-2H3,(H,22,25)(H,23,26)/t17-/m0/s1. The largest absolute Gasteiger partial charge is 0.495 e. The molecule has 2 aromatic carbocycles. The molecule has 1 aliphatic heterocycles. The molecule has 1 saturated heterocycles. The van der Waals surface area contributed by atoms with E-state index >= 15 is 0 Å². The van der Waals surface area contributed by atoms with Crippen LogP contribution in [0.25, 0.3) is 0 Å². The van der Waals surface area contributed by atoms with Gasteiger partial charge in [0, 0.05) is 30.6 Å². The molecule has 0 radical (unpaired) electrons. The molecule has 0 aliphatic carbocycles. The Morgan fingerprint density at radius 3 is 2.71 bits per heavy atom. The second-order valence-electron chi connectivity index (χ2n) is 6.46. The van der Waals surface area contributed by atoms with Crippen molar-refractivity contribution in [2.75, 3.05) is 30.8 Å². The fraction of sp³-hybridized carbons (Fsp3) is 0.300. The number of nitrogens with zero attached hydrogens (tertiary/aromatic N) is 1. The van der Waals surface area contributed by atoms with Crippen molar-refractivity contribution in [3.05, 3.63) is 47.5 Å². The lowest BCUT2D eigenvalue weighted by molar-refractivity contribution is -0.114. The van der Waals surface area contributed by atoms with E-state index in [1.165, 1.54) is 14.0 Å². The predicted octanol–water partition coefficient (Wildman–Crippen LogP) is 3.99. The molecule has 2 N–H and O–H groups in total. The minimum atomic E-state index is -0.254. The highest BCUT2D eigenvalue weighted by Gasteiger charge is 2.28. The normalized spacial score (nSPS) is 15.8. The van der Waals surface area contributed by atoms with Crippen molar-refractivity contribution < 1.29 is 19.1 Å². The Bertz CT molecular complexity index is 874. The van der Waals surface area contributed by atoms with Crippen LogP contribution >= 0.6 is 11.6 Å². The van der Waals surface area contributed by atoms with Gasteiger partial charge in [-0.1, -0.05) is 17.7 Å². The highest BCUT2D eigenvalue weighted by molar-refractivity contribution is 6.30. The summed E-state index contributed by atoms with van der Waals surface area (Å²) >= 11 is 5.98. The van der Waals surface area contributed by atoms with Crippen LogP contribution in [0.1, 0.15) is 13.3 Å². The average Bonchev–Trinajstić information content (AvgIpc) is 3.10. The number of halogens is 1. The Kier molecular flexibility index (Phi) is 6.26. The third-order valence-electron chi connectivity index (χ3n) is 4.29. The third-order valence-corrected chi connectivity index (χ3v) is 4.53. The summed E-state index contributed by atoms with van der Waals surface area (Å²) in [5.41, 5.74) is 1.06. The fourth-order valence-corrected chi connectivity index (χ4v) is 3.20. The quantitative estimate of drug-likeness (QED) is 0.791. The molecule has 1 aliphatic rings. The Hall–Kier alpha value is -2.93. The molecule has 0 unspecified atom stereocenters. The number of nitrogens with one attached hydrogen (secondary N) is 2. The maximum Gasteiger partial charge on any atom is 0.322 e. The first kappa shape index (κ1) is 19.8. The van der Waals surface area contributed by atoms with E-state index in [9.17, 15) is 9.59 Å². The number of carbonyl (C=O) groups is 2. The predicted molar refractivity (Wildman–Crippen MR) is 108 cm³/mol. The van der Waals surface area contributed by atoms with Gasteiger partial charge in [-0.15, -0.1) is 0 Å². The van der Waals surface area contributed by atoms with Crippen molar-refractivity contribution in [3.8, 4) is 11.5 Å². The number of methoxy groups -OCH3 is 1. The second-order valence-corrected chi connectivity index (χ2v) is 6.89. The number of carbonyl (C=O) groups excluding carboxylic acids is 2. The maximum absolute atomic E-state index is 12.7. The van der Waals surface area contributed by atoms with E-state index in [1.807, 2.05) is 12.1 Å². The first-order valence-electron chi connectivity index (χ1n) is 8.88. The molecular formula is C20H22ClN3O4. The lowest BCUT2D eigenvalue weighted by Crippen LogP contribution is -2.34. The van der Waals surface area contributed by atoms with E-state index in [-0.39, 0.29) is 18.0 Å². The summed E-state index contributed by atoms with van der Waals surface area (Å²) in [6.07, 6.45) is 0.625. The van der Waals surface area contributed by atoms with Gasteiger partial charge in [0.25, 0.3) is 0 Å². The van der Waals surface area contributed by atoms with Crippen molar-refractivity contribution in [2.24, 2.45) is 0 Å². The number of likely N-dealkylation sites (tertiary alicyclic amines) is 1. The van der Waals surface area contributed by atoms with E-state index in [1.54, 1.807) is 35.2 Å². The van der Waals surface area contributed by atoms with Crippen molar-refractivity contribution in [1.82, 2.24) is 4.90 Å². The molecule has 7 nitrogen and oxygen atoms in total. The summed E-state index contributed by atoms with van der Waals surface area (Å²) in [4.78, 5) is 25.6. The lowest BCUT2D eigenvalue weighted by atomic mass is 10.2. The molecule has 148 valence electrons. The van der Waals surface area contributed by atoms with Crippen LogP contribution in [0.5, 0.6) is 11.5 Å². The first-order chi connectivity index (χ1) is 13.4. The summed E-state index contributed by atoms with van der Waals surface area (Å²) < 4.78 is 11.2. The zero-order valence-corrected chi connectivity index (χ0v) is 16.5. The van der Waals surface area contributed by atoms with Crippen LogP contribution in [0.15, 0.2) is 42.5 Å². The van der Waals surface area contributed by atoms with Crippen LogP contribution in [0.2, 0.25) is 5.02 Å². The molecule has 0 saturated carbocycles. The highest BCUT2D eigenvalue weighted by Crippen LogP contribution is 2.29. The van der Waals surface area contributed by atoms with Gasteiger partial charge < -0.3 is 25.0 Å². The molecule has 0 bridgehead atoms. The Balaban J connectivity index is 1.62. The SMILES string of the molecule is COc1ccc(NC(C)=O)cc1NC(=O)N1CC[C@H](Oc2cccc(Cl)c2)C1. The van der Waals surface area contributed by atoms with Crippen molar-refractivity contribution in [3.63, 3.8) is 0 Å². The summed E-state index contributed by atoms with van der Waals surface area (Å²) in [6, 6.07) is 12.0. The Labute approximate surface area is 168 Å². The van der Waals surface area contributed by atoms with Gasteiger partial charge in [-0.05, 0) is 36.4 Å². The monoisotopic (exact) mass is 403 g/mol. The number of anilines is 2. The average molecular weight is 404 g/mol. The summed E-state index contributed by atoms with van der Waals surface area (Å²) in [7, 11) is 1.52. The number of rotatable bonds is 5. The van der Waals surface area contributed by atoms with Crippen LogP contribution in [-0.4, -0.2) is 43.1 Å². The van der Waals surface area contributed by atoms with E-state index in [0.29, 0.717) is 41.0 Å².